The molecule has 4 heteroatoms. The standard InChI is InChI=1S/C29H50O4/c1-17(19(3)26(4,5)32)14-18(2)22-8-9-23-21-15-25(31)29(33)16-20(30)10-13-28(29,7)24(21)11-12-27(22,23)6/h14,18-25,30-33H,8-13,15-16H2,1-7H3/b17-14+/t18-,19+,20+,21+,22-,23+,24+,25-,27-,28-,29+/m1/s1. The molecular formula is C29H50O4. The first kappa shape index (κ1) is 25.7. The summed E-state index contributed by atoms with van der Waals surface area (Å²) in [6.07, 6.45) is 8.46. The number of rotatable bonds is 4. The minimum Gasteiger partial charge on any atom is -0.393 e. The molecule has 4 saturated carbocycles. The van der Waals surface area contributed by atoms with E-state index in [1.54, 1.807) is 0 Å². The van der Waals surface area contributed by atoms with Crippen LogP contribution in [0.4, 0.5) is 0 Å². The molecule has 0 bridgehead atoms. The van der Waals surface area contributed by atoms with Crippen LogP contribution >= 0.6 is 0 Å². The molecule has 190 valence electrons. The number of allylic oxidation sites excluding steroid dienone is 1. The highest BCUT2D eigenvalue weighted by atomic mass is 16.3. The highest BCUT2D eigenvalue weighted by Gasteiger charge is 2.67. The van der Waals surface area contributed by atoms with Crippen molar-refractivity contribution in [2.45, 2.75) is 123 Å². The van der Waals surface area contributed by atoms with E-state index in [9.17, 15) is 20.4 Å². The van der Waals surface area contributed by atoms with E-state index in [1.165, 1.54) is 24.8 Å². The second-order valence-electron chi connectivity index (χ2n) is 13.7. The molecule has 0 spiro atoms. The van der Waals surface area contributed by atoms with Crippen molar-refractivity contribution in [1.29, 1.82) is 0 Å². The average molecular weight is 463 g/mol. The van der Waals surface area contributed by atoms with Crippen LogP contribution < -0.4 is 0 Å². The van der Waals surface area contributed by atoms with Gasteiger partial charge in [-0.05, 0) is 101 Å². The molecule has 4 aliphatic carbocycles. The number of fused-ring (bicyclic) bond motifs is 5. The van der Waals surface area contributed by atoms with Crippen molar-refractivity contribution in [2.24, 2.45) is 46.3 Å². The smallest absolute Gasteiger partial charge is 0.0985 e. The molecule has 0 aromatic carbocycles. The van der Waals surface area contributed by atoms with Gasteiger partial charge in [-0.15, -0.1) is 0 Å². The molecule has 0 radical (unpaired) electrons. The zero-order chi connectivity index (χ0) is 24.6. The van der Waals surface area contributed by atoms with Crippen LogP contribution in [-0.2, 0) is 0 Å². The van der Waals surface area contributed by atoms with Crippen LogP contribution in [0.1, 0.15) is 99.8 Å². The van der Waals surface area contributed by atoms with Crippen LogP contribution in [0.3, 0.4) is 0 Å². The Hall–Kier alpha value is -0.420. The Kier molecular flexibility index (Phi) is 6.47. The summed E-state index contributed by atoms with van der Waals surface area (Å²) < 4.78 is 0. The largest absolute Gasteiger partial charge is 0.393 e. The third kappa shape index (κ3) is 3.86. The summed E-state index contributed by atoms with van der Waals surface area (Å²) in [4.78, 5) is 0. The summed E-state index contributed by atoms with van der Waals surface area (Å²) in [5.74, 6) is 2.69. The molecule has 0 aromatic heterocycles. The SMILES string of the molecule is C/C(=C\[C@@H](C)[C@H]1CC[C@H]2[C@@H]3C[C@@H](O)[C@@]4(O)C[C@@H](O)CC[C@]4(C)[C@H]3CC[C@]12C)[C@H](C)C(C)(C)O. The van der Waals surface area contributed by atoms with Crippen LogP contribution in [0.5, 0.6) is 0 Å². The maximum absolute atomic E-state index is 11.7. The van der Waals surface area contributed by atoms with Gasteiger partial charge in [-0.25, -0.2) is 0 Å². The van der Waals surface area contributed by atoms with Crippen molar-refractivity contribution >= 4 is 0 Å². The van der Waals surface area contributed by atoms with E-state index in [-0.39, 0.29) is 16.7 Å². The average Bonchev–Trinajstić information content (AvgIpc) is 3.06. The number of aliphatic hydroxyl groups excluding tert-OH is 2. The zero-order valence-electron chi connectivity index (χ0n) is 22.1. The second-order valence-corrected chi connectivity index (χ2v) is 13.7. The summed E-state index contributed by atoms with van der Waals surface area (Å²) in [5, 5.41) is 43.7. The Morgan fingerprint density at radius 1 is 1.00 bits per heavy atom. The summed E-state index contributed by atoms with van der Waals surface area (Å²) >= 11 is 0. The Morgan fingerprint density at radius 2 is 1.67 bits per heavy atom. The van der Waals surface area contributed by atoms with Gasteiger partial charge in [0.1, 0.15) is 0 Å². The van der Waals surface area contributed by atoms with Gasteiger partial charge in [-0.1, -0.05) is 39.3 Å². The molecule has 11 atom stereocenters. The lowest BCUT2D eigenvalue weighted by Gasteiger charge is -2.65. The topological polar surface area (TPSA) is 80.9 Å². The summed E-state index contributed by atoms with van der Waals surface area (Å²) in [6, 6.07) is 0. The number of hydrogen-bond acceptors (Lipinski definition) is 4. The molecular weight excluding hydrogens is 412 g/mol. The van der Waals surface area contributed by atoms with E-state index >= 15 is 0 Å². The fraction of sp³-hybridized carbons (Fsp3) is 0.931. The monoisotopic (exact) mass is 462 g/mol. The van der Waals surface area contributed by atoms with Gasteiger partial charge in [0.25, 0.3) is 0 Å². The fourth-order valence-corrected chi connectivity index (χ4v) is 9.40. The lowest BCUT2D eigenvalue weighted by molar-refractivity contribution is -0.264. The molecule has 4 fully saturated rings. The minimum absolute atomic E-state index is 0.133. The maximum atomic E-state index is 11.7. The Morgan fingerprint density at radius 3 is 2.30 bits per heavy atom. The molecule has 0 saturated heterocycles. The molecule has 0 amide bonds. The molecule has 4 nitrogen and oxygen atoms in total. The van der Waals surface area contributed by atoms with Gasteiger partial charge in [-0.3, -0.25) is 0 Å². The first-order valence-electron chi connectivity index (χ1n) is 13.6. The van der Waals surface area contributed by atoms with Crippen LogP contribution in [0, 0.1) is 46.3 Å². The van der Waals surface area contributed by atoms with E-state index in [0.29, 0.717) is 42.4 Å². The van der Waals surface area contributed by atoms with Crippen LogP contribution in [-0.4, -0.2) is 43.8 Å². The second kappa shape index (κ2) is 8.32. The van der Waals surface area contributed by atoms with Gasteiger partial charge in [0.15, 0.2) is 0 Å². The molecule has 33 heavy (non-hydrogen) atoms. The molecule has 0 unspecified atom stereocenters. The van der Waals surface area contributed by atoms with Crippen molar-refractivity contribution < 1.29 is 20.4 Å². The van der Waals surface area contributed by atoms with Gasteiger partial charge in [0.05, 0.1) is 23.4 Å². The number of aliphatic hydroxyl groups is 4. The quantitative estimate of drug-likeness (QED) is 0.439. The van der Waals surface area contributed by atoms with Gasteiger partial charge in [0, 0.05) is 17.8 Å². The molecule has 4 rings (SSSR count). The van der Waals surface area contributed by atoms with Crippen molar-refractivity contribution in [2.75, 3.05) is 0 Å². The molecule has 0 aromatic rings. The van der Waals surface area contributed by atoms with E-state index in [0.717, 1.165) is 19.3 Å². The molecule has 0 heterocycles. The van der Waals surface area contributed by atoms with Crippen LogP contribution in [0.25, 0.3) is 0 Å². The Balaban J connectivity index is 1.58. The zero-order valence-corrected chi connectivity index (χ0v) is 22.1. The van der Waals surface area contributed by atoms with Gasteiger partial charge >= 0.3 is 0 Å². The first-order valence-corrected chi connectivity index (χ1v) is 13.6. The summed E-state index contributed by atoms with van der Waals surface area (Å²) in [7, 11) is 0. The highest BCUT2D eigenvalue weighted by molar-refractivity contribution is 5.18. The van der Waals surface area contributed by atoms with Crippen molar-refractivity contribution in [3.8, 4) is 0 Å². The van der Waals surface area contributed by atoms with Crippen molar-refractivity contribution in [3.63, 3.8) is 0 Å². The maximum Gasteiger partial charge on any atom is 0.0985 e. The Bertz CT molecular complexity index is 770. The lowest BCUT2D eigenvalue weighted by Crippen LogP contribution is -2.68. The van der Waals surface area contributed by atoms with E-state index < -0.39 is 23.4 Å². The van der Waals surface area contributed by atoms with E-state index in [1.807, 2.05) is 13.8 Å². The summed E-state index contributed by atoms with van der Waals surface area (Å²) in [6.45, 7) is 15.2. The van der Waals surface area contributed by atoms with Crippen molar-refractivity contribution in [1.82, 2.24) is 0 Å². The molecule has 4 N–H and O–H groups in total. The number of hydrogen-bond donors (Lipinski definition) is 4. The van der Waals surface area contributed by atoms with Crippen LogP contribution in [0.2, 0.25) is 0 Å². The van der Waals surface area contributed by atoms with E-state index in [2.05, 4.69) is 40.7 Å². The van der Waals surface area contributed by atoms with Crippen LogP contribution in [0.15, 0.2) is 11.6 Å². The third-order valence-corrected chi connectivity index (χ3v) is 11.8. The molecule has 4 aliphatic rings. The summed E-state index contributed by atoms with van der Waals surface area (Å²) in [5.41, 5.74) is -0.633. The predicted molar refractivity (Wildman–Crippen MR) is 132 cm³/mol. The lowest BCUT2D eigenvalue weighted by atomic mass is 9.42. The van der Waals surface area contributed by atoms with Crippen molar-refractivity contribution in [3.05, 3.63) is 11.6 Å². The molecule has 0 aliphatic heterocycles. The Labute approximate surface area is 201 Å². The fourth-order valence-electron chi connectivity index (χ4n) is 9.40. The predicted octanol–water partition coefficient (Wildman–Crippen LogP) is 5.08. The first-order chi connectivity index (χ1) is 15.1. The van der Waals surface area contributed by atoms with E-state index in [4.69, 9.17) is 0 Å². The normalized spacial score (nSPS) is 50.2. The van der Waals surface area contributed by atoms with Gasteiger partial charge < -0.3 is 20.4 Å². The van der Waals surface area contributed by atoms with Gasteiger partial charge in [-0.2, -0.15) is 0 Å². The minimum atomic E-state index is -1.15. The van der Waals surface area contributed by atoms with Gasteiger partial charge in [0.2, 0.25) is 0 Å². The third-order valence-electron chi connectivity index (χ3n) is 11.8. The highest BCUT2D eigenvalue weighted by Crippen LogP contribution is 2.69.